The van der Waals surface area contributed by atoms with E-state index in [0.717, 1.165) is 16.7 Å². The Morgan fingerprint density at radius 1 is 1.38 bits per heavy atom. The third-order valence-electron chi connectivity index (χ3n) is 2.49. The van der Waals surface area contributed by atoms with Crippen molar-refractivity contribution in [2.24, 2.45) is 0 Å². The number of benzene rings is 1. The molecule has 0 aliphatic rings. The summed E-state index contributed by atoms with van der Waals surface area (Å²) >= 11 is 0. The number of hydrogen-bond donors (Lipinski definition) is 4. The van der Waals surface area contributed by atoms with Gasteiger partial charge in [-0.3, -0.25) is 0 Å². The summed E-state index contributed by atoms with van der Waals surface area (Å²) in [6, 6.07) is 5.62. The van der Waals surface area contributed by atoms with E-state index in [1.54, 1.807) is 6.33 Å². The van der Waals surface area contributed by atoms with Gasteiger partial charge < -0.3 is 20.5 Å². The molecule has 0 fully saturated rings. The fraction of sp³-hybridized carbons (Fsp3) is 0.364. The zero-order valence-electron chi connectivity index (χ0n) is 8.85. The summed E-state index contributed by atoms with van der Waals surface area (Å²) in [5.41, 5.74) is 2.77. The van der Waals surface area contributed by atoms with Crippen LogP contribution in [0.1, 0.15) is 6.42 Å². The number of rotatable bonds is 5. The number of nitrogens with one attached hydrogen (secondary N) is 2. The van der Waals surface area contributed by atoms with Gasteiger partial charge in [-0.1, -0.05) is 0 Å². The van der Waals surface area contributed by atoms with Gasteiger partial charge in [-0.05, 0) is 24.6 Å². The SMILES string of the molecule is OCCC(CO)Nc1ccc2nc[nH]c2c1. The number of hydrogen-bond acceptors (Lipinski definition) is 4. The van der Waals surface area contributed by atoms with E-state index < -0.39 is 0 Å². The topological polar surface area (TPSA) is 81.2 Å². The lowest BCUT2D eigenvalue weighted by atomic mass is 10.2. The number of H-pyrrole nitrogens is 1. The van der Waals surface area contributed by atoms with E-state index in [1.165, 1.54) is 0 Å². The molecule has 5 heteroatoms. The molecule has 0 amide bonds. The van der Waals surface area contributed by atoms with E-state index in [-0.39, 0.29) is 19.3 Å². The van der Waals surface area contributed by atoms with Gasteiger partial charge in [0.05, 0.1) is 30.0 Å². The van der Waals surface area contributed by atoms with Gasteiger partial charge in [0.1, 0.15) is 0 Å². The second kappa shape index (κ2) is 4.96. The lowest BCUT2D eigenvalue weighted by Crippen LogP contribution is -2.24. The van der Waals surface area contributed by atoms with Crippen LogP contribution in [0.4, 0.5) is 5.69 Å². The molecule has 1 heterocycles. The number of fused-ring (bicyclic) bond motifs is 1. The largest absolute Gasteiger partial charge is 0.396 e. The van der Waals surface area contributed by atoms with Crippen LogP contribution in [0, 0.1) is 0 Å². The Morgan fingerprint density at radius 2 is 2.25 bits per heavy atom. The maximum absolute atomic E-state index is 9.10. The zero-order valence-corrected chi connectivity index (χ0v) is 8.85. The summed E-state index contributed by atoms with van der Waals surface area (Å²) in [5.74, 6) is 0. The van der Waals surface area contributed by atoms with Gasteiger partial charge in [-0.15, -0.1) is 0 Å². The summed E-state index contributed by atoms with van der Waals surface area (Å²) in [4.78, 5) is 7.14. The first-order chi connectivity index (χ1) is 7.83. The zero-order chi connectivity index (χ0) is 11.4. The van der Waals surface area contributed by atoms with Gasteiger partial charge >= 0.3 is 0 Å². The van der Waals surface area contributed by atoms with Crippen molar-refractivity contribution in [3.63, 3.8) is 0 Å². The lowest BCUT2D eigenvalue weighted by Gasteiger charge is -2.16. The molecule has 2 aromatic rings. The summed E-state index contributed by atoms with van der Waals surface area (Å²) < 4.78 is 0. The number of aromatic amines is 1. The molecule has 0 bridgehead atoms. The highest BCUT2D eigenvalue weighted by Crippen LogP contribution is 2.16. The minimum atomic E-state index is -0.120. The molecule has 5 nitrogen and oxygen atoms in total. The van der Waals surface area contributed by atoms with E-state index in [9.17, 15) is 0 Å². The van der Waals surface area contributed by atoms with Gasteiger partial charge in [0, 0.05) is 12.3 Å². The molecule has 0 aliphatic carbocycles. The number of nitrogens with zero attached hydrogens (tertiary/aromatic N) is 1. The van der Waals surface area contributed by atoms with Crippen molar-refractivity contribution in [3.8, 4) is 0 Å². The Labute approximate surface area is 93.1 Å². The summed E-state index contributed by atoms with van der Waals surface area (Å²) in [6.45, 7) is 0.0616. The van der Waals surface area contributed by atoms with Crippen LogP contribution >= 0.6 is 0 Å². The Hall–Kier alpha value is -1.59. The average Bonchev–Trinajstić information content (AvgIpc) is 2.75. The maximum Gasteiger partial charge on any atom is 0.0931 e. The lowest BCUT2D eigenvalue weighted by molar-refractivity contribution is 0.229. The number of anilines is 1. The van der Waals surface area contributed by atoms with Crippen LogP contribution in [0.2, 0.25) is 0 Å². The predicted molar refractivity (Wildman–Crippen MR) is 62.3 cm³/mol. The van der Waals surface area contributed by atoms with Gasteiger partial charge in [0.2, 0.25) is 0 Å². The van der Waals surface area contributed by atoms with Gasteiger partial charge in [-0.2, -0.15) is 0 Å². The molecule has 1 aromatic carbocycles. The van der Waals surface area contributed by atoms with Crippen LogP contribution in [0.3, 0.4) is 0 Å². The van der Waals surface area contributed by atoms with Crippen molar-refractivity contribution in [2.75, 3.05) is 18.5 Å². The van der Waals surface area contributed by atoms with Crippen LogP contribution in [0.25, 0.3) is 11.0 Å². The highest BCUT2D eigenvalue weighted by Gasteiger charge is 2.06. The molecular weight excluding hydrogens is 206 g/mol. The second-order valence-electron chi connectivity index (χ2n) is 3.67. The maximum atomic E-state index is 9.10. The van der Waals surface area contributed by atoms with Crippen molar-refractivity contribution < 1.29 is 10.2 Å². The first-order valence-corrected chi connectivity index (χ1v) is 5.25. The standard InChI is InChI=1S/C11H15N3O2/c15-4-3-9(6-16)14-8-1-2-10-11(5-8)13-7-12-10/h1-2,5,7,9,14-16H,3-4,6H2,(H,12,13). The van der Waals surface area contributed by atoms with Crippen molar-refractivity contribution in [1.82, 2.24) is 9.97 Å². The van der Waals surface area contributed by atoms with Crippen molar-refractivity contribution in [2.45, 2.75) is 12.5 Å². The average molecular weight is 221 g/mol. The van der Waals surface area contributed by atoms with E-state index in [4.69, 9.17) is 10.2 Å². The molecule has 0 aliphatic heterocycles. The highest BCUT2D eigenvalue weighted by molar-refractivity contribution is 5.78. The van der Waals surface area contributed by atoms with Crippen LogP contribution < -0.4 is 5.32 Å². The Bertz CT molecular complexity index is 455. The highest BCUT2D eigenvalue weighted by atomic mass is 16.3. The summed E-state index contributed by atoms with van der Waals surface area (Å²) in [5, 5.41) is 21.1. The van der Waals surface area contributed by atoms with Crippen LogP contribution in [0.15, 0.2) is 24.5 Å². The number of aliphatic hydroxyl groups excluding tert-OH is 2. The molecule has 86 valence electrons. The third-order valence-corrected chi connectivity index (χ3v) is 2.49. The normalized spacial score (nSPS) is 12.9. The Kier molecular flexibility index (Phi) is 3.38. The third kappa shape index (κ3) is 2.32. The molecule has 0 radical (unpaired) electrons. The van der Waals surface area contributed by atoms with Gasteiger partial charge in [0.15, 0.2) is 0 Å². The molecule has 2 rings (SSSR count). The molecule has 16 heavy (non-hydrogen) atoms. The molecule has 1 atom stereocenters. The van der Waals surface area contributed by atoms with E-state index >= 15 is 0 Å². The van der Waals surface area contributed by atoms with Crippen molar-refractivity contribution >= 4 is 16.7 Å². The van der Waals surface area contributed by atoms with E-state index in [0.29, 0.717) is 6.42 Å². The van der Waals surface area contributed by atoms with Crippen molar-refractivity contribution in [3.05, 3.63) is 24.5 Å². The van der Waals surface area contributed by atoms with Crippen LogP contribution in [-0.2, 0) is 0 Å². The molecule has 4 N–H and O–H groups in total. The first-order valence-electron chi connectivity index (χ1n) is 5.25. The summed E-state index contributed by atoms with van der Waals surface area (Å²) in [6.07, 6.45) is 2.17. The minimum Gasteiger partial charge on any atom is -0.396 e. The van der Waals surface area contributed by atoms with Crippen LogP contribution in [-0.4, -0.2) is 39.4 Å². The van der Waals surface area contributed by atoms with Crippen molar-refractivity contribution in [1.29, 1.82) is 0 Å². The Balaban J connectivity index is 2.13. The number of imidazole rings is 1. The van der Waals surface area contributed by atoms with E-state index in [1.807, 2.05) is 18.2 Å². The Morgan fingerprint density at radius 3 is 3.00 bits per heavy atom. The molecule has 0 spiro atoms. The second-order valence-corrected chi connectivity index (χ2v) is 3.67. The number of aromatic nitrogens is 2. The first kappa shape index (κ1) is 10.9. The predicted octanol–water partition coefficient (Wildman–Crippen LogP) is 0.718. The van der Waals surface area contributed by atoms with E-state index in [2.05, 4.69) is 15.3 Å². The van der Waals surface area contributed by atoms with Crippen LogP contribution in [0.5, 0.6) is 0 Å². The quantitative estimate of drug-likeness (QED) is 0.599. The van der Waals surface area contributed by atoms with Gasteiger partial charge in [0.25, 0.3) is 0 Å². The molecule has 0 saturated carbocycles. The fourth-order valence-electron chi connectivity index (χ4n) is 1.63. The molecule has 1 aromatic heterocycles. The molecule has 1 unspecified atom stereocenters. The fourth-order valence-corrected chi connectivity index (χ4v) is 1.63. The molecular formula is C11H15N3O2. The minimum absolute atomic E-state index is 0.00156. The summed E-state index contributed by atoms with van der Waals surface area (Å²) in [7, 11) is 0. The monoisotopic (exact) mass is 221 g/mol. The number of aliphatic hydroxyl groups is 2. The molecule has 0 saturated heterocycles. The van der Waals surface area contributed by atoms with Gasteiger partial charge in [-0.25, -0.2) is 4.98 Å². The smallest absolute Gasteiger partial charge is 0.0931 e.